The van der Waals surface area contributed by atoms with Crippen molar-refractivity contribution in [3.8, 4) is 11.3 Å². The Morgan fingerprint density at radius 2 is 1.95 bits per heavy atom. The number of nitrogens with one attached hydrogen (secondary N) is 2. The first-order valence-corrected chi connectivity index (χ1v) is 15.3. The maximum Gasteiger partial charge on any atom is 0.263 e. The highest BCUT2D eigenvalue weighted by Crippen LogP contribution is 2.37. The van der Waals surface area contributed by atoms with Crippen molar-refractivity contribution < 1.29 is 21.6 Å². The van der Waals surface area contributed by atoms with Gasteiger partial charge in [0, 0.05) is 17.5 Å². The van der Waals surface area contributed by atoms with E-state index >= 15 is 4.39 Å². The van der Waals surface area contributed by atoms with Gasteiger partial charge in [0.25, 0.3) is 16.4 Å². The number of nitrogens with zero attached hydrogens (tertiary/aromatic N) is 3. The third-order valence-electron chi connectivity index (χ3n) is 7.14. The average Bonchev–Trinajstić information content (AvgIpc) is 3.36. The molecule has 8 nitrogen and oxygen atoms in total. The van der Waals surface area contributed by atoms with Gasteiger partial charge in [0.2, 0.25) is 0 Å². The molecule has 13 heteroatoms. The number of benzene rings is 2. The summed E-state index contributed by atoms with van der Waals surface area (Å²) in [6.07, 6.45) is 3.19. The molecule has 1 aliphatic rings. The van der Waals surface area contributed by atoms with Crippen molar-refractivity contribution in [2.45, 2.75) is 56.4 Å². The molecule has 5 rings (SSSR count). The number of rotatable bonds is 9. The molecule has 0 amide bonds. The third-order valence-corrected chi connectivity index (χ3v) is 9.01. The van der Waals surface area contributed by atoms with E-state index in [9.17, 15) is 17.2 Å². The fraction of sp³-hybridized carbons (Fsp3) is 0.310. The molecule has 1 aliphatic carbocycles. The summed E-state index contributed by atoms with van der Waals surface area (Å²) in [5.74, 6) is 0.0372. The summed E-state index contributed by atoms with van der Waals surface area (Å²) in [5.41, 5.74) is 9.16. The van der Waals surface area contributed by atoms with E-state index in [2.05, 4.69) is 15.0 Å². The number of fused-ring (bicyclic) bond motifs is 1. The fourth-order valence-electron chi connectivity index (χ4n) is 5.10. The van der Waals surface area contributed by atoms with Crippen molar-refractivity contribution in [2.75, 3.05) is 17.0 Å². The van der Waals surface area contributed by atoms with Gasteiger partial charge in [-0.25, -0.2) is 31.6 Å². The van der Waals surface area contributed by atoms with Gasteiger partial charge in [-0.3, -0.25) is 9.12 Å². The monoisotopic (exact) mass is 618 g/mol. The minimum Gasteiger partial charge on any atom is -0.382 e. The summed E-state index contributed by atoms with van der Waals surface area (Å²) in [6, 6.07) is 9.92. The number of imidazole rings is 1. The van der Waals surface area contributed by atoms with Gasteiger partial charge in [0.15, 0.2) is 0 Å². The zero-order valence-corrected chi connectivity index (χ0v) is 24.5. The van der Waals surface area contributed by atoms with Gasteiger partial charge in [-0.1, -0.05) is 49.7 Å². The van der Waals surface area contributed by atoms with Crippen LogP contribution in [0.15, 0.2) is 59.6 Å². The minimum absolute atomic E-state index is 0.0134. The van der Waals surface area contributed by atoms with Gasteiger partial charge in [-0.2, -0.15) is 0 Å². The number of sulfonamides is 1. The van der Waals surface area contributed by atoms with E-state index in [4.69, 9.17) is 22.3 Å². The molecule has 0 fully saturated rings. The molecule has 42 heavy (non-hydrogen) atoms. The first-order chi connectivity index (χ1) is 20.0. The lowest BCUT2D eigenvalue weighted by molar-refractivity contribution is 0.140. The highest BCUT2D eigenvalue weighted by atomic mass is 35.5. The molecule has 0 radical (unpaired) electrons. The van der Waals surface area contributed by atoms with Crippen LogP contribution < -0.4 is 15.8 Å². The zero-order chi connectivity index (χ0) is 30.2. The van der Waals surface area contributed by atoms with Gasteiger partial charge >= 0.3 is 0 Å². The normalized spacial score (nSPS) is 15.9. The van der Waals surface area contributed by atoms with Crippen LogP contribution in [-0.4, -0.2) is 41.8 Å². The molecule has 4 aromatic rings. The Bertz CT molecular complexity index is 1770. The Morgan fingerprint density at radius 1 is 1.19 bits per heavy atom. The Labute approximate surface area is 246 Å². The van der Waals surface area contributed by atoms with Gasteiger partial charge in [-0.15, -0.1) is 0 Å². The van der Waals surface area contributed by atoms with Gasteiger partial charge in [-0.05, 0) is 49.1 Å². The molecular formula is C29H30ClF3N6O2S. The van der Waals surface area contributed by atoms with E-state index in [1.807, 2.05) is 24.3 Å². The van der Waals surface area contributed by atoms with Crippen LogP contribution in [0.3, 0.4) is 0 Å². The van der Waals surface area contributed by atoms with Crippen molar-refractivity contribution in [3.05, 3.63) is 77.1 Å². The van der Waals surface area contributed by atoms with Gasteiger partial charge < -0.3 is 11.1 Å². The van der Waals surface area contributed by atoms with Gasteiger partial charge in [0.1, 0.15) is 33.6 Å². The molecule has 222 valence electrons. The van der Waals surface area contributed by atoms with Crippen LogP contribution in [-0.2, 0) is 10.0 Å². The summed E-state index contributed by atoms with van der Waals surface area (Å²) in [6.45, 7) is 3.61. The molecule has 1 atom stereocenters. The molecule has 0 aliphatic heterocycles. The first kappa shape index (κ1) is 29.9. The average molecular weight is 619 g/mol. The number of halogens is 4. The van der Waals surface area contributed by atoms with Crippen molar-refractivity contribution in [3.63, 3.8) is 0 Å². The minimum atomic E-state index is -4.14. The Morgan fingerprint density at radius 3 is 2.60 bits per heavy atom. The molecule has 2 aromatic heterocycles. The standard InChI is InChI=1S/C29H30ClF3N6O2S/c1-16(2)29-37-26(18-9-12-22(21(31)13-18)38-42(40,41)24-6-4-3-5-20(24)30)27-28(34)36-14-23(39(27)29)17-7-10-19(11-8-17)35-15-25(32)33/h3-7,9,12-14,16,19,25,35,38H,8,10-11,15H2,1-2H3,(H2,34,36). The second kappa shape index (κ2) is 11.9. The maximum atomic E-state index is 15.4. The van der Waals surface area contributed by atoms with Crippen LogP contribution in [0.4, 0.5) is 24.7 Å². The lowest BCUT2D eigenvalue weighted by Gasteiger charge is -2.24. The smallest absolute Gasteiger partial charge is 0.263 e. The molecule has 2 heterocycles. The summed E-state index contributed by atoms with van der Waals surface area (Å²) in [5, 5.41) is 2.91. The number of hydrogen-bond acceptors (Lipinski definition) is 6. The summed E-state index contributed by atoms with van der Waals surface area (Å²) in [7, 11) is -4.14. The van der Waals surface area contributed by atoms with E-state index in [-0.39, 0.29) is 39.9 Å². The van der Waals surface area contributed by atoms with Crippen LogP contribution in [0.1, 0.15) is 50.5 Å². The van der Waals surface area contributed by atoms with E-state index < -0.39 is 22.3 Å². The number of nitrogen functional groups attached to an aromatic ring is 1. The molecule has 2 aromatic carbocycles. The summed E-state index contributed by atoms with van der Waals surface area (Å²) in [4.78, 5) is 9.08. The molecule has 4 N–H and O–H groups in total. The lowest BCUT2D eigenvalue weighted by Crippen LogP contribution is -2.34. The highest BCUT2D eigenvalue weighted by molar-refractivity contribution is 7.92. The predicted octanol–water partition coefficient (Wildman–Crippen LogP) is 6.49. The highest BCUT2D eigenvalue weighted by Gasteiger charge is 2.25. The van der Waals surface area contributed by atoms with Crippen LogP contribution in [0.25, 0.3) is 22.3 Å². The lowest BCUT2D eigenvalue weighted by atomic mass is 9.93. The Kier molecular flexibility index (Phi) is 8.49. The maximum absolute atomic E-state index is 15.4. The molecule has 0 saturated carbocycles. The van der Waals surface area contributed by atoms with Crippen LogP contribution >= 0.6 is 11.6 Å². The van der Waals surface area contributed by atoms with Gasteiger partial charge in [0.05, 0.1) is 29.1 Å². The van der Waals surface area contributed by atoms with Crippen molar-refractivity contribution in [1.82, 2.24) is 19.7 Å². The number of anilines is 2. The second-order valence-electron chi connectivity index (χ2n) is 10.4. The van der Waals surface area contributed by atoms with E-state index in [0.29, 0.717) is 41.9 Å². The molecule has 0 saturated heterocycles. The number of allylic oxidation sites excluding steroid dienone is 1. The zero-order valence-electron chi connectivity index (χ0n) is 22.9. The quantitative estimate of drug-likeness (QED) is 0.198. The number of aromatic nitrogens is 3. The first-order valence-electron chi connectivity index (χ1n) is 13.4. The second-order valence-corrected chi connectivity index (χ2v) is 12.5. The molecule has 0 spiro atoms. The summed E-state index contributed by atoms with van der Waals surface area (Å²) < 4.78 is 70.5. The van der Waals surface area contributed by atoms with E-state index in [0.717, 1.165) is 11.3 Å². The van der Waals surface area contributed by atoms with E-state index in [1.54, 1.807) is 18.3 Å². The number of alkyl halides is 2. The summed E-state index contributed by atoms with van der Waals surface area (Å²) >= 11 is 6.04. The molecule has 1 unspecified atom stereocenters. The molecular weight excluding hydrogens is 589 g/mol. The Balaban J connectivity index is 1.52. The molecule has 0 bridgehead atoms. The Hall–Kier alpha value is -3.61. The topological polar surface area (TPSA) is 114 Å². The SMILES string of the molecule is CC(C)c1nc(-c2ccc(NS(=O)(=O)c3ccccc3Cl)c(F)c2)c2c(N)ncc(C3=CCC(NCC(F)F)CC3)n12. The van der Waals surface area contributed by atoms with Crippen molar-refractivity contribution in [2.24, 2.45) is 0 Å². The van der Waals surface area contributed by atoms with Crippen molar-refractivity contribution in [1.29, 1.82) is 0 Å². The van der Waals surface area contributed by atoms with Crippen LogP contribution in [0.2, 0.25) is 5.02 Å². The van der Waals surface area contributed by atoms with Crippen LogP contribution in [0.5, 0.6) is 0 Å². The predicted molar refractivity (Wildman–Crippen MR) is 159 cm³/mol. The number of nitrogens with two attached hydrogens (primary N) is 1. The fourth-order valence-corrected chi connectivity index (χ4v) is 6.69. The van der Waals surface area contributed by atoms with Crippen LogP contribution in [0, 0.1) is 5.82 Å². The van der Waals surface area contributed by atoms with Crippen molar-refractivity contribution >= 4 is 44.2 Å². The largest absolute Gasteiger partial charge is 0.382 e. The third kappa shape index (κ3) is 5.97. The number of hydrogen-bond donors (Lipinski definition) is 3. The van der Waals surface area contributed by atoms with E-state index in [1.165, 1.54) is 30.3 Å².